The normalized spacial score (nSPS) is 13.5. The molecule has 9 heteroatoms. The highest BCUT2D eigenvalue weighted by Gasteiger charge is 2.22. The number of benzene rings is 2. The Morgan fingerprint density at radius 3 is 2.46 bits per heavy atom. The van der Waals surface area contributed by atoms with Crippen LogP contribution in [0.1, 0.15) is 11.1 Å². The predicted molar refractivity (Wildman–Crippen MR) is 141 cm³/mol. The van der Waals surface area contributed by atoms with Crippen molar-refractivity contribution in [3.63, 3.8) is 0 Å². The first-order valence-electron chi connectivity index (χ1n) is 11.5. The quantitative estimate of drug-likeness (QED) is 0.469. The van der Waals surface area contributed by atoms with Gasteiger partial charge in [0.1, 0.15) is 16.5 Å². The number of nitrogens with zero attached hydrogens (tertiary/aromatic N) is 4. The Hall–Kier alpha value is -3.46. The molecule has 8 nitrogen and oxygen atoms in total. The largest absolute Gasteiger partial charge is 0.497 e. The maximum Gasteiger partial charge on any atom is 0.234 e. The lowest BCUT2D eigenvalue weighted by Gasteiger charge is -2.37. The van der Waals surface area contributed by atoms with E-state index in [4.69, 9.17) is 9.47 Å². The fourth-order valence-corrected chi connectivity index (χ4v) is 4.86. The minimum absolute atomic E-state index is 0.144. The van der Waals surface area contributed by atoms with E-state index in [1.165, 1.54) is 28.6 Å². The lowest BCUT2D eigenvalue weighted by Crippen LogP contribution is -2.47. The molecule has 0 saturated carbocycles. The van der Waals surface area contributed by atoms with E-state index in [1.54, 1.807) is 44.8 Å². The van der Waals surface area contributed by atoms with Crippen molar-refractivity contribution in [1.82, 2.24) is 9.97 Å². The number of methoxy groups -OCH3 is 2. The van der Waals surface area contributed by atoms with Gasteiger partial charge in [-0.05, 0) is 43.2 Å². The van der Waals surface area contributed by atoms with Gasteiger partial charge in [-0.15, -0.1) is 0 Å². The number of piperazine rings is 1. The van der Waals surface area contributed by atoms with Crippen molar-refractivity contribution in [2.24, 2.45) is 0 Å². The molecule has 1 saturated heterocycles. The van der Waals surface area contributed by atoms with Crippen LogP contribution >= 0.6 is 11.8 Å². The Balaban J connectivity index is 1.37. The fourth-order valence-electron chi connectivity index (χ4n) is 4.08. The van der Waals surface area contributed by atoms with E-state index in [2.05, 4.69) is 57.1 Å². The van der Waals surface area contributed by atoms with Gasteiger partial charge in [0.05, 0.1) is 25.7 Å². The van der Waals surface area contributed by atoms with Crippen molar-refractivity contribution >= 4 is 34.9 Å². The van der Waals surface area contributed by atoms with Crippen LogP contribution in [0.2, 0.25) is 0 Å². The van der Waals surface area contributed by atoms with Gasteiger partial charge >= 0.3 is 0 Å². The third kappa shape index (κ3) is 5.97. The fraction of sp³-hybridized carbons (Fsp3) is 0.346. The van der Waals surface area contributed by atoms with Crippen LogP contribution in [-0.4, -0.2) is 62.0 Å². The average Bonchev–Trinajstić information content (AvgIpc) is 2.89. The number of aromatic nitrogens is 2. The van der Waals surface area contributed by atoms with Gasteiger partial charge in [0.25, 0.3) is 0 Å². The second-order valence-electron chi connectivity index (χ2n) is 8.35. The summed E-state index contributed by atoms with van der Waals surface area (Å²) >= 11 is 1.38. The summed E-state index contributed by atoms with van der Waals surface area (Å²) in [6, 6.07) is 11.9. The molecule has 2 aromatic carbocycles. The third-order valence-electron chi connectivity index (χ3n) is 5.95. The molecule has 1 fully saturated rings. The summed E-state index contributed by atoms with van der Waals surface area (Å²) in [5, 5.41) is 3.66. The maximum absolute atomic E-state index is 12.7. The molecule has 35 heavy (non-hydrogen) atoms. The Labute approximate surface area is 210 Å². The van der Waals surface area contributed by atoms with Crippen molar-refractivity contribution in [1.29, 1.82) is 0 Å². The monoisotopic (exact) mass is 493 g/mol. The number of carbonyl (C=O) groups is 1. The number of aryl methyl sites for hydroxylation is 2. The highest BCUT2D eigenvalue weighted by Crippen LogP contribution is 2.31. The molecule has 4 rings (SSSR count). The summed E-state index contributed by atoms with van der Waals surface area (Å²) in [7, 11) is 3.15. The molecule has 0 aliphatic carbocycles. The number of amides is 1. The van der Waals surface area contributed by atoms with Crippen molar-refractivity contribution in [2.75, 3.05) is 61.3 Å². The number of thioether (sulfide) groups is 1. The highest BCUT2D eigenvalue weighted by atomic mass is 32.2. The highest BCUT2D eigenvalue weighted by molar-refractivity contribution is 8.00. The summed E-state index contributed by atoms with van der Waals surface area (Å²) in [4.78, 5) is 26.5. The van der Waals surface area contributed by atoms with Crippen LogP contribution in [0.4, 0.5) is 17.2 Å². The molecule has 1 amide bonds. The van der Waals surface area contributed by atoms with Gasteiger partial charge in [-0.3, -0.25) is 4.79 Å². The lowest BCUT2D eigenvalue weighted by atomic mass is 10.1. The Bertz CT molecular complexity index is 1180. The summed E-state index contributed by atoms with van der Waals surface area (Å²) in [5.41, 5.74) is 4.45. The Kier molecular flexibility index (Phi) is 7.97. The van der Waals surface area contributed by atoms with Crippen molar-refractivity contribution in [3.05, 3.63) is 59.9 Å². The smallest absolute Gasteiger partial charge is 0.234 e. The van der Waals surface area contributed by atoms with Gasteiger partial charge < -0.3 is 24.6 Å². The molecule has 1 aliphatic rings. The molecule has 0 spiro atoms. The van der Waals surface area contributed by atoms with Crippen molar-refractivity contribution in [3.8, 4) is 11.5 Å². The molecule has 1 aromatic heterocycles. The van der Waals surface area contributed by atoms with E-state index in [0.717, 1.165) is 37.0 Å². The minimum atomic E-state index is -0.144. The minimum Gasteiger partial charge on any atom is -0.497 e. The SMILES string of the molecule is COc1ccc(NC(=O)CSc2nccnc2N2CCN(c3cc(C)ccc3C)CC2)c(OC)c1. The van der Waals surface area contributed by atoms with Gasteiger partial charge in [-0.1, -0.05) is 23.9 Å². The summed E-state index contributed by atoms with van der Waals surface area (Å²) < 4.78 is 10.6. The molecular weight excluding hydrogens is 462 g/mol. The number of anilines is 3. The summed E-state index contributed by atoms with van der Waals surface area (Å²) in [6.07, 6.45) is 3.38. The van der Waals surface area contributed by atoms with E-state index >= 15 is 0 Å². The number of nitrogens with one attached hydrogen (secondary N) is 1. The molecule has 1 aliphatic heterocycles. The summed E-state index contributed by atoms with van der Waals surface area (Å²) in [6.45, 7) is 7.78. The zero-order chi connectivity index (χ0) is 24.8. The number of hydrogen-bond acceptors (Lipinski definition) is 8. The van der Waals surface area contributed by atoms with Crippen LogP contribution in [0.5, 0.6) is 11.5 Å². The van der Waals surface area contributed by atoms with Gasteiger partial charge in [0, 0.05) is 50.3 Å². The predicted octanol–water partition coefficient (Wildman–Crippen LogP) is 4.17. The second-order valence-corrected chi connectivity index (χ2v) is 9.32. The molecule has 0 atom stereocenters. The molecule has 2 heterocycles. The Morgan fingerprint density at radius 2 is 1.71 bits per heavy atom. The van der Waals surface area contributed by atoms with Gasteiger partial charge in [0.15, 0.2) is 5.82 Å². The average molecular weight is 494 g/mol. The standard InChI is InChI=1S/C26H31N5O3S/c1-18-5-6-19(2)22(15-18)30-11-13-31(14-12-30)25-26(28-10-9-27-25)35-17-24(32)29-21-8-7-20(33-3)16-23(21)34-4/h5-10,15-16H,11-14,17H2,1-4H3,(H,29,32). The van der Waals surface area contributed by atoms with Crippen LogP contribution in [0.3, 0.4) is 0 Å². The molecule has 0 radical (unpaired) electrons. The van der Waals surface area contributed by atoms with E-state index in [9.17, 15) is 4.79 Å². The molecule has 0 bridgehead atoms. The van der Waals surface area contributed by atoms with Crippen LogP contribution in [0, 0.1) is 13.8 Å². The number of rotatable bonds is 8. The number of ether oxygens (including phenoxy) is 2. The van der Waals surface area contributed by atoms with Gasteiger partial charge in [-0.25, -0.2) is 9.97 Å². The van der Waals surface area contributed by atoms with Crippen molar-refractivity contribution < 1.29 is 14.3 Å². The number of hydrogen-bond donors (Lipinski definition) is 1. The van der Waals surface area contributed by atoms with E-state index in [0.29, 0.717) is 17.2 Å². The zero-order valence-corrected chi connectivity index (χ0v) is 21.4. The molecular formula is C26H31N5O3S. The van der Waals surface area contributed by atoms with Crippen LogP contribution in [-0.2, 0) is 4.79 Å². The zero-order valence-electron chi connectivity index (χ0n) is 20.6. The van der Waals surface area contributed by atoms with E-state index in [1.807, 2.05) is 0 Å². The number of carbonyl (C=O) groups excluding carboxylic acids is 1. The maximum atomic E-state index is 12.7. The van der Waals surface area contributed by atoms with Gasteiger partial charge in [0.2, 0.25) is 5.91 Å². The molecule has 184 valence electrons. The molecule has 1 N–H and O–H groups in total. The van der Waals surface area contributed by atoms with Crippen LogP contribution in [0.15, 0.2) is 53.8 Å². The lowest BCUT2D eigenvalue weighted by molar-refractivity contribution is -0.113. The van der Waals surface area contributed by atoms with Gasteiger partial charge in [-0.2, -0.15) is 0 Å². The topological polar surface area (TPSA) is 79.8 Å². The Morgan fingerprint density at radius 1 is 0.971 bits per heavy atom. The van der Waals surface area contributed by atoms with Crippen LogP contribution < -0.4 is 24.6 Å². The third-order valence-corrected chi connectivity index (χ3v) is 6.92. The van der Waals surface area contributed by atoms with E-state index < -0.39 is 0 Å². The first-order chi connectivity index (χ1) is 17.0. The molecule has 0 unspecified atom stereocenters. The molecule has 3 aromatic rings. The first kappa shape index (κ1) is 24.7. The summed E-state index contributed by atoms with van der Waals surface area (Å²) in [5.74, 6) is 2.10. The second kappa shape index (κ2) is 11.3. The first-order valence-corrected chi connectivity index (χ1v) is 12.5. The van der Waals surface area contributed by atoms with E-state index in [-0.39, 0.29) is 11.7 Å². The van der Waals surface area contributed by atoms with Crippen LogP contribution in [0.25, 0.3) is 0 Å². The van der Waals surface area contributed by atoms with Crippen molar-refractivity contribution in [2.45, 2.75) is 18.9 Å².